The SMILES string of the molecule is Cn1nccc1-c1cccc(C(O)(C(N)=O)c2ccccc2)c1. The second-order valence-electron chi connectivity index (χ2n) is 5.36. The van der Waals surface area contributed by atoms with E-state index in [1.165, 1.54) is 0 Å². The van der Waals surface area contributed by atoms with Crippen molar-refractivity contribution in [2.75, 3.05) is 0 Å². The molecule has 0 saturated heterocycles. The van der Waals surface area contributed by atoms with Crippen molar-refractivity contribution in [3.05, 3.63) is 78.0 Å². The third kappa shape index (κ3) is 2.51. The van der Waals surface area contributed by atoms with Gasteiger partial charge in [-0.05, 0) is 23.3 Å². The molecule has 1 heterocycles. The van der Waals surface area contributed by atoms with Crippen molar-refractivity contribution < 1.29 is 9.90 Å². The quantitative estimate of drug-likeness (QED) is 0.771. The number of amides is 1. The third-order valence-electron chi connectivity index (χ3n) is 3.95. The Bertz CT molecular complexity index is 842. The highest BCUT2D eigenvalue weighted by Crippen LogP contribution is 2.32. The molecule has 0 aliphatic carbocycles. The molecule has 0 fully saturated rings. The van der Waals surface area contributed by atoms with Crippen LogP contribution in [0.3, 0.4) is 0 Å². The predicted octanol–water partition coefficient (Wildman–Crippen LogP) is 1.81. The van der Waals surface area contributed by atoms with Gasteiger partial charge < -0.3 is 10.8 Å². The number of nitrogens with zero attached hydrogens (tertiary/aromatic N) is 2. The number of aromatic nitrogens is 2. The largest absolute Gasteiger partial charge is 0.372 e. The minimum absolute atomic E-state index is 0.426. The zero-order valence-electron chi connectivity index (χ0n) is 12.7. The van der Waals surface area contributed by atoms with Gasteiger partial charge in [0.25, 0.3) is 5.91 Å². The number of carbonyl (C=O) groups excluding carboxylic acids is 1. The maximum absolute atomic E-state index is 12.0. The first-order valence-electron chi connectivity index (χ1n) is 7.20. The normalized spacial score (nSPS) is 13.5. The Kier molecular flexibility index (Phi) is 3.72. The molecule has 5 nitrogen and oxygen atoms in total. The van der Waals surface area contributed by atoms with E-state index in [0.717, 1.165) is 11.3 Å². The fourth-order valence-electron chi connectivity index (χ4n) is 2.69. The molecule has 0 aliphatic heterocycles. The fourth-order valence-corrected chi connectivity index (χ4v) is 2.69. The molecule has 1 amide bonds. The molecule has 5 heteroatoms. The van der Waals surface area contributed by atoms with Gasteiger partial charge in [-0.25, -0.2) is 0 Å². The standard InChI is InChI=1S/C18H17N3O2/c1-21-16(10-11-20-21)13-6-5-9-15(12-13)18(23,17(19)22)14-7-3-2-4-8-14/h2-12,23H,1H3,(H2,19,22). The van der Waals surface area contributed by atoms with Gasteiger partial charge in [0.05, 0.1) is 5.69 Å². The molecule has 1 unspecified atom stereocenters. The second kappa shape index (κ2) is 5.70. The van der Waals surface area contributed by atoms with E-state index < -0.39 is 11.5 Å². The zero-order chi connectivity index (χ0) is 16.4. The van der Waals surface area contributed by atoms with E-state index in [4.69, 9.17) is 5.73 Å². The summed E-state index contributed by atoms with van der Waals surface area (Å²) in [5.74, 6) is -0.814. The van der Waals surface area contributed by atoms with Gasteiger partial charge in [-0.3, -0.25) is 9.48 Å². The lowest BCUT2D eigenvalue weighted by Crippen LogP contribution is -2.42. The average Bonchev–Trinajstić information content (AvgIpc) is 3.01. The molecular formula is C18H17N3O2. The van der Waals surface area contributed by atoms with Crippen molar-refractivity contribution >= 4 is 5.91 Å². The van der Waals surface area contributed by atoms with E-state index in [9.17, 15) is 9.90 Å². The van der Waals surface area contributed by atoms with Crippen molar-refractivity contribution in [1.82, 2.24) is 9.78 Å². The van der Waals surface area contributed by atoms with Crippen LogP contribution in [0.5, 0.6) is 0 Å². The van der Waals surface area contributed by atoms with Crippen LogP contribution in [0.25, 0.3) is 11.3 Å². The minimum Gasteiger partial charge on any atom is -0.372 e. The molecule has 0 saturated carbocycles. The molecule has 0 spiro atoms. The maximum atomic E-state index is 12.0. The molecule has 0 bridgehead atoms. The van der Waals surface area contributed by atoms with Crippen LogP contribution in [0.1, 0.15) is 11.1 Å². The number of rotatable bonds is 4. The maximum Gasteiger partial charge on any atom is 0.258 e. The molecule has 3 N–H and O–H groups in total. The van der Waals surface area contributed by atoms with Crippen LogP contribution in [-0.2, 0) is 17.4 Å². The van der Waals surface area contributed by atoms with Crippen LogP contribution in [0.2, 0.25) is 0 Å². The van der Waals surface area contributed by atoms with Gasteiger partial charge in [-0.1, -0.05) is 48.5 Å². The zero-order valence-corrected chi connectivity index (χ0v) is 12.7. The summed E-state index contributed by atoms with van der Waals surface area (Å²) in [5, 5.41) is 15.2. The smallest absolute Gasteiger partial charge is 0.258 e. The van der Waals surface area contributed by atoms with Gasteiger partial charge in [-0.15, -0.1) is 0 Å². The number of hydrogen-bond donors (Lipinski definition) is 2. The van der Waals surface area contributed by atoms with E-state index in [-0.39, 0.29) is 0 Å². The summed E-state index contributed by atoms with van der Waals surface area (Å²) >= 11 is 0. The summed E-state index contributed by atoms with van der Waals surface area (Å²) in [6.45, 7) is 0. The number of nitrogens with two attached hydrogens (primary N) is 1. The molecule has 116 valence electrons. The van der Waals surface area contributed by atoms with Crippen molar-refractivity contribution in [2.45, 2.75) is 5.60 Å². The Morgan fingerprint density at radius 1 is 1.09 bits per heavy atom. The monoisotopic (exact) mass is 307 g/mol. The predicted molar refractivity (Wildman–Crippen MR) is 87.3 cm³/mol. The lowest BCUT2D eigenvalue weighted by Gasteiger charge is -2.26. The van der Waals surface area contributed by atoms with Crippen molar-refractivity contribution in [3.63, 3.8) is 0 Å². The number of hydrogen-bond acceptors (Lipinski definition) is 3. The van der Waals surface area contributed by atoms with Crippen molar-refractivity contribution in [3.8, 4) is 11.3 Å². The van der Waals surface area contributed by atoms with Gasteiger partial charge in [0.1, 0.15) is 0 Å². The molecule has 3 aromatic rings. The topological polar surface area (TPSA) is 81.1 Å². The van der Waals surface area contributed by atoms with Crippen LogP contribution in [-0.4, -0.2) is 20.8 Å². The first-order chi connectivity index (χ1) is 11.0. The first kappa shape index (κ1) is 15.0. The average molecular weight is 307 g/mol. The summed E-state index contributed by atoms with van der Waals surface area (Å²) in [4.78, 5) is 12.0. The molecule has 2 aromatic carbocycles. The number of aliphatic hydroxyl groups is 1. The third-order valence-corrected chi connectivity index (χ3v) is 3.95. The summed E-state index contributed by atoms with van der Waals surface area (Å²) in [7, 11) is 1.83. The fraction of sp³-hybridized carbons (Fsp3) is 0.111. The van der Waals surface area contributed by atoms with E-state index in [1.807, 2.05) is 25.2 Å². The van der Waals surface area contributed by atoms with Gasteiger partial charge >= 0.3 is 0 Å². The van der Waals surface area contributed by atoms with Gasteiger partial charge in [-0.2, -0.15) is 5.10 Å². The molecular weight excluding hydrogens is 290 g/mol. The minimum atomic E-state index is -1.88. The number of benzene rings is 2. The Balaban J connectivity index is 2.16. The Morgan fingerprint density at radius 3 is 2.39 bits per heavy atom. The first-order valence-corrected chi connectivity index (χ1v) is 7.20. The van der Waals surface area contributed by atoms with Crippen molar-refractivity contribution in [2.24, 2.45) is 12.8 Å². The highest BCUT2D eigenvalue weighted by atomic mass is 16.3. The van der Waals surface area contributed by atoms with Crippen LogP contribution < -0.4 is 5.73 Å². The van der Waals surface area contributed by atoms with Gasteiger partial charge in [0.15, 0.2) is 5.60 Å². The van der Waals surface area contributed by atoms with Crippen LogP contribution in [0, 0.1) is 0 Å². The number of carbonyl (C=O) groups is 1. The number of primary amides is 1. The molecule has 3 rings (SSSR count). The van der Waals surface area contributed by atoms with Crippen LogP contribution in [0.4, 0.5) is 0 Å². The summed E-state index contributed by atoms with van der Waals surface area (Å²) in [6.07, 6.45) is 1.69. The molecule has 23 heavy (non-hydrogen) atoms. The van der Waals surface area contributed by atoms with Crippen molar-refractivity contribution in [1.29, 1.82) is 0 Å². The van der Waals surface area contributed by atoms with Crippen LogP contribution in [0.15, 0.2) is 66.9 Å². The Morgan fingerprint density at radius 2 is 1.78 bits per heavy atom. The molecule has 0 aliphatic rings. The molecule has 1 atom stereocenters. The van der Waals surface area contributed by atoms with E-state index in [2.05, 4.69) is 5.10 Å². The Labute approximate surface area is 134 Å². The summed E-state index contributed by atoms with van der Waals surface area (Å²) in [6, 6.07) is 17.7. The van der Waals surface area contributed by atoms with Crippen LogP contribution >= 0.6 is 0 Å². The second-order valence-corrected chi connectivity index (χ2v) is 5.36. The van der Waals surface area contributed by atoms with E-state index in [0.29, 0.717) is 11.1 Å². The van der Waals surface area contributed by atoms with Gasteiger partial charge in [0, 0.05) is 18.8 Å². The highest BCUT2D eigenvalue weighted by molar-refractivity contribution is 5.89. The Hall–Kier alpha value is -2.92. The summed E-state index contributed by atoms with van der Waals surface area (Å²) < 4.78 is 1.73. The molecule has 1 aromatic heterocycles. The van der Waals surface area contributed by atoms with E-state index in [1.54, 1.807) is 53.3 Å². The number of aryl methyl sites for hydroxylation is 1. The van der Waals surface area contributed by atoms with Gasteiger partial charge in [0.2, 0.25) is 0 Å². The lowest BCUT2D eigenvalue weighted by molar-refractivity contribution is -0.133. The lowest BCUT2D eigenvalue weighted by atomic mass is 9.85. The van der Waals surface area contributed by atoms with E-state index >= 15 is 0 Å². The highest BCUT2D eigenvalue weighted by Gasteiger charge is 2.38. The molecule has 0 radical (unpaired) electrons. The summed E-state index contributed by atoms with van der Waals surface area (Å²) in [5.41, 5.74) is 6.24.